The highest BCUT2D eigenvalue weighted by Gasteiger charge is 1.98. The van der Waals surface area contributed by atoms with Gasteiger partial charge in [-0.3, -0.25) is 9.11 Å². The zero-order valence-electron chi connectivity index (χ0n) is 4.66. The van der Waals surface area contributed by atoms with Crippen molar-refractivity contribution in [2.24, 2.45) is 0 Å². The van der Waals surface area contributed by atoms with Gasteiger partial charge in [-0.1, -0.05) is 0 Å². The van der Waals surface area contributed by atoms with Crippen LogP contribution in [0.3, 0.4) is 0 Å². The van der Waals surface area contributed by atoms with E-state index >= 15 is 0 Å². The molecule has 0 aliphatic carbocycles. The Balaban J connectivity index is 3.11. The minimum absolute atomic E-state index is 0.0797. The SMILES string of the molecule is CS(O)(O)NCCO. The molecule has 0 bridgehead atoms. The van der Waals surface area contributed by atoms with Crippen LogP contribution in [-0.2, 0) is 0 Å². The van der Waals surface area contributed by atoms with E-state index in [1.807, 2.05) is 0 Å². The van der Waals surface area contributed by atoms with Gasteiger partial charge in [0, 0.05) is 12.8 Å². The van der Waals surface area contributed by atoms with Crippen LogP contribution in [-0.4, -0.2) is 33.6 Å². The maximum atomic E-state index is 8.57. The van der Waals surface area contributed by atoms with E-state index in [1.54, 1.807) is 0 Å². The van der Waals surface area contributed by atoms with E-state index in [1.165, 1.54) is 6.26 Å². The van der Waals surface area contributed by atoms with E-state index < -0.39 is 10.8 Å². The molecule has 0 fully saturated rings. The number of aliphatic hydroxyl groups excluding tert-OH is 1. The molecular weight excluding hydrogens is 130 g/mol. The van der Waals surface area contributed by atoms with Gasteiger partial charge in [-0.05, 0) is 0 Å². The van der Waals surface area contributed by atoms with E-state index in [9.17, 15) is 0 Å². The molecule has 4 nitrogen and oxygen atoms in total. The van der Waals surface area contributed by atoms with Gasteiger partial charge < -0.3 is 5.11 Å². The molecule has 8 heavy (non-hydrogen) atoms. The van der Waals surface area contributed by atoms with Crippen LogP contribution in [0.4, 0.5) is 0 Å². The number of rotatable bonds is 3. The Morgan fingerprint density at radius 2 is 2.00 bits per heavy atom. The fraction of sp³-hybridized carbons (Fsp3) is 1.00. The van der Waals surface area contributed by atoms with Crippen molar-refractivity contribution in [1.29, 1.82) is 0 Å². The maximum absolute atomic E-state index is 8.57. The van der Waals surface area contributed by atoms with Gasteiger partial charge in [0.25, 0.3) is 0 Å². The molecule has 0 radical (unpaired) electrons. The molecule has 0 unspecified atom stereocenters. The van der Waals surface area contributed by atoms with E-state index in [2.05, 4.69) is 4.72 Å². The summed E-state index contributed by atoms with van der Waals surface area (Å²) in [4.78, 5) is 0. The fourth-order valence-corrected chi connectivity index (χ4v) is 0.717. The molecule has 0 saturated heterocycles. The van der Waals surface area contributed by atoms with Gasteiger partial charge in [-0.25, -0.2) is 4.72 Å². The van der Waals surface area contributed by atoms with Gasteiger partial charge in [-0.15, -0.1) is 10.8 Å². The van der Waals surface area contributed by atoms with Crippen molar-refractivity contribution in [3.8, 4) is 0 Å². The van der Waals surface area contributed by atoms with Crippen molar-refractivity contribution in [3.05, 3.63) is 0 Å². The molecule has 0 aliphatic heterocycles. The van der Waals surface area contributed by atoms with Crippen molar-refractivity contribution in [2.75, 3.05) is 19.4 Å². The van der Waals surface area contributed by atoms with Crippen LogP contribution in [0.5, 0.6) is 0 Å². The molecule has 0 aliphatic rings. The third-order valence-corrected chi connectivity index (χ3v) is 1.24. The number of aliphatic hydroxyl groups is 1. The van der Waals surface area contributed by atoms with Gasteiger partial charge in [0.2, 0.25) is 0 Å². The molecule has 5 heteroatoms. The van der Waals surface area contributed by atoms with Gasteiger partial charge in [0.1, 0.15) is 0 Å². The minimum Gasteiger partial charge on any atom is -0.395 e. The van der Waals surface area contributed by atoms with Crippen LogP contribution in [0.1, 0.15) is 0 Å². The first-order valence-electron chi connectivity index (χ1n) is 2.15. The van der Waals surface area contributed by atoms with Crippen LogP contribution >= 0.6 is 10.8 Å². The zero-order valence-corrected chi connectivity index (χ0v) is 5.48. The summed E-state index contributed by atoms with van der Waals surface area (Å²) in [5.41, 5.74) is 0. The molecule has 0 aromatic rings. The monoisotopic (exact) mass is 141 g/mol. The number of hydrogen-bond acceptors (Lipinski definition) is 4. The Morgan fingerprint density at radius 1 is 1.50 bits per heavy atom. The first-order valence-corrected chi connectivity index (χ1v) is 4.10. The second kappa shape index (κ2) is 3.26. The van der Waals surface area contributed by atoms with Crippen LogP contribution < -0.4 is 4.72 Å². The molecule has 0 saturated carbocycles. The highest BCUT2D eigenvalue weighted by atomic mass is 32.3. The number of nitrogens with one attached hydrogen (secondary N) is 1. The topological polar surface area (TPSA) is 72.7 Å². The molecule has 0 amide bonds. The Morgan fingerprint density at radius 3 is 2.12 bits per heavy atom. The summed E-state index contributed by atoms with van der Waals surface area (Å²) in [6.07, 6.45) is 1.27. The van der Waals surface area contributed by atoms with Crippen LogP contribution in [0.15, 0.2) is 0 Å². The van der Waals surface area contributed by atoms with E-state index in [0.717, 1.165) is 0 Å². The summed E-state index contributed by atoms with van der Waals surface area (Å²) in [7, 11) is -2.60. The molecule has 0 rings (SSSR count). The first-order chi connectivity index (χ1) is 3.56. The van der Waals surface area contributed by atoms with Crippen molar-refractivity contribution >= 4 is 10.8 Å². The van der Waals surface area contributed by atoms with Crippen LogP contribution in [0.2, 0.25) is 0 Å². The average Bonchev–Trinajstić information content (AvgIpc) is 1.59. The largest absolute Gasteiger partial charge is 0.395 e. The highest BCUT2D eigenvalue weighted by molar-refractivity contribution is 8.22. The molecule has 0 aromatic carbocycles. The molecule has 0 heterocycles. The Bertz CT molecular complexity index is 62.0. The van der Waals surface area contributed by atoms with Crippen molar-refractivity contribution in [2.45, 2.75) is 0 Å². The van der Waals surface area contributed by atoms with Gasteiger partial charge in [0.05, 0.1) is 6.61 Å². The maximum Gasteiger partial charge on any atom is 0.0572 e. The van der Waals surface area contributed by atoms with E-state index in [-0.39, 0.29) is 13.2 Å². The van der Waals surface area contributed by atoms with E-state index in [0.29, 0.717) is 0 Å². The minimum atomic E-state index is -2.60. The van der Waals surface area contributed by atoms with Crippen molar-refractivity contribution in [1.82, 2.24) is 4.72 Å². The Hall–Kier alpha value is 0.190. The lowest BCUT2D eigenvalue weighted by molar-refractivity contribution is 0.298. The summed E-state index contributed by atoms with van der Waals surface area (Å²) in [6.45, 7) is 0.141. The average molecular weight is 141 g/mol. The summed E-state index contributed by atoms with van der Waals surface area (Å²) >= 11 is 0. The van der Waals surface area contributed by atoms with Gasteiger partial charge in [0.15, 0.2) is 0 Å². The molecule has 52 valence electrons. The third kappa shape index (κ3) is 6.19. The summed E-state index contributed by atoms with van der Waals surface area (Å²) in [5.74, 6) is 0. The second-order valence-electron chi connectivity index (χ2n) is 1.45. The Kier molecular flexibility index (Phi) is 3.34. The van der Waals surface area contributed by atoms with Crippen LogP contribution in [0.25, 0.3) is 0 Å². The highest BCUT2D eigenvalue weighted by Crippen LogP contribution is 2.25. The molecule has 0 atom stereocenters. The fourth-order valence-electron chi connectivity index (χ4n) is 0.239. The quantitative estimate of drug-likeness (QED) is 0.441. The smallest absolute Gasteiger partial charge is 0.0572 e. The third-order valence-electron chi connectivity index (χ3n) is 0.487. The summed E-state index contributed by atoms with van der Waals surface area (Å²) in [5, 5.41) is 8.16. The normalized spacial score (nSPS) is 14.0. The molecule has 4 N–H and O–H groups in total. The van der Waals surface area contributed by atoms with Gasteiger partial charge in [-0.2, -0.15) is 0 Å². The Labute approximate surface area is 50.0 Å². The standard InChI is InChI=1S/C3H11NO3S/c1-8(6,7)4-2-3-5/h4-7H,2-3H2,1H3. The lowest BCUT2D eigenvalue weighted by Crippen LogP contribution is -2.21. The lowest BCUT2D eigenvalue weighted by atomic mass is 10.8. The predicted molar refractivity (Wildman–Crippen MR) is 33.9 cm³/mol. The second-order valence-corrected chi connectivity index (χ2v) is 3.41. The van der Waals surface area contributed by atoms with Crippen molar-refractivity contribution < 1.29 is 14.2 Å². The van der Waals surface area contributed by atoms with E-state index in [4.69, 9.17) is 14.2 Å². The van der Waals surface area contributed by atoms with Crippen LogP contribution in [0, 0.1) is 0 Å². The summed E-state index contributed by atoms with van der Waals surface area (Å²) in [6, 6.07) is 0. The lowest BCUT2D eigenvalue weighted by Gasteiger charge is -2.26. The van der Waals surface area contributed by atoms with Gasteiger partial charge >= 0.3 is 0 Å². The molecule has 0 aromatic heterocycles. The van der Waals surface area contributed by atoms with Crippen molar-refractivity contribution in [3.63, 3.8) is 0 Å². The zero-order chi connectivity index (χ0) is 6.62. The number of hydrogen-bond donors (Lipinski definition) is 4. The molecular formula is C3H11NO3S. The summed E-state index contributed by atoms with van der Waals surface area (Å²) < 4.78 is 19.4. The molecule has 0 spiro atoms. The predicted octanol–water partition coefficient (Wildman–Crippen LogP) is -0.136. The first kappa shape index (κ1) is 8.19.